The standard InChI is InChI=1S/C16H23NO3/c1-12(17-19)14-6-8-16(9-7-14)20-11-15(18)10-13-4-2-3-5-13/h6-9,13,15,18-19H,2-5,10-11H2,1H3/b17-12-. The Hall–Kier alpha value is -1.55. The molecule has 2 rings (SSSR count). The van der Waals surface area contributed by atoms with Crippen LogP contribution in [-0.4, -0.2) is 28.7 Å². The number of oxime groups is 1. The molecule has 1 fully saturated rings. The Morgan fingerprint density at radius 3 is 2.55 bits per heavy atom. The molecule has 1 unspecified atom stereocenters. The summed E-state index contributed by atoms with van der Waals surface area (Å²) in [5, 5.41) is 21.8. The van der Waals surface area contributed by atoms with Gasteiger partial charge in [0.1, 0.15) is 12.4 Å². The molecule has 2 N–H and O–H groups in total. The van der Waals surface area contributed by atoms with Crippen LogP contribution in [0, 0.1) is 5.92 Å². The maximum Gasteiger partial charge on any atom is 0.119 e. The zero-order chi connectivity index (χ0) is 14.4. The molecule has 0 aliphatic heterocycles. The third-order valence-electron chi connectivity index (χ3n) is 3.94. The van der Waals surface area contributed by atoms with E-state index in [4.69, 9.17) is 9.94 Å². The number of rotatable bonds is 6. The number of aliphatic hydroxyl groups is 1. The minimum atomic E-state index is -0.390. The second-order valence-corrected chi connectivity index (χ2v) is 5.56. The Morgan fingerprint density at radius 2 is 1.95 bits per heavy atom. The van der Waals surface area contributed by atoms with Gasteiger partial charge in [-0.2, -0.15) is 0 Å². The minimum absolute atomic E-state index is 0.336. The highest BCUT2D eigenvalue weighted by molar-refractivity contribution is 5.98. The molecule has 20 heavy (non-hydrogen) atoms. The Morgan fingerprint density at radius 1 is 1.30 bits per heavy atom. The van der Waals surface area contributed by atoms with Gasteiger partial charge >= 0.3 is 0 Å². The molecule has 4 nitrogen and oxygen atoms in total. The van der Waals surface area contributed by atoms with Crippen LogP contribution in [0.1, 0.15) is 44.6 Å². The monoisotopic (exact) mass is 277 g/mol. The van der Waals surface area contributed by atoms with Crippen LogP contribution >= 0.6 is 0 Å². The van der Waals surface area contributed by atoms with Crippen molar-refractivity contribution in [1.29, 1.82) is 0 Å². The van der Waals surface area contributed by atoms with Gasteiger partial charge in [-0.15, -0.1) is 0 Å². The highest BCUT2D eigenvalue weighted by Gasteiger charge is 2.19. The predicted molar refractivity (Wildman–Crippen MR) is 78.5 cm³/mol. The van der Waals surface area contributed by atoms with Gasteiger partial charge in [-0.1, -0.05) is 30.8 Å². The van der Waals surface area contributed by atoms with E-state index in [-0.39, 0.29) is 0 Å². The summed E-state index contributed by atoms with van der Waals surface area (Å²) in [7, 11) is 0. The molecular formula is C16H23NO3. The summed E-state index contributed by atoms with van der Waals surface area (Å²) in [6.07, 6.45) is 5.53. The first-order valence-electron chi connectivity index (χ1n) is 7.29. The fourth-order valence-electron chi connectivity index (χ4n) is 2.74. The molecule has 110 valence electrons. The molecule has 0 spiro atoms. The van der Waals surface area contributed by atoms with Crippen molar-refractivity contribution in [2.75, 3.05) is 6.61 Å². The van der Waals surface area contributed by atoms with Crippen molar-refractivity contribution in [2.24, 2.45) is 11.1 Å². The normalized spacial score (nSPS) is 18.2. The van der Waals surface area contributed by atoms with Crippen LogP contribution in [0.2, 0.25) is 0 Å². The highest BCUT2D eigenvalue weighted by Crippen LogP contribution is 2.28. The molecule has 1 aliphatic rings. The topological polar surface area (TPSA) is 62.1 Å². The van der Waals surface area contributed by atoms with Crippen molar-refractivity contribution in [3.05, 3.63) is 29.8 Å². The molecule has 1 atom stereocenters. The molecule has 0 radical (unpaired) electrons. The van der Waals surface area contributed by atoms with Crippen LogP contribution in [-0.2, 0) is 0 Å². The van der Waals surface area contributed by atoms with Gasteiger partial charge in [0.25, 0.3) is 0 Å². The quantitative estimate of drug-likeness (QED) is 0.477. The van der Waals surface area contributed by atoms with E-state index in [1.165, 1.54) is 25.7 Å². The molecule has 0 saturated heterocycles. The summed E-state index contributed by atoms with van der Waals surface area (Å²) in [6, 6.07) is 7.33. The van der Waals surface area contributed by atoms with Crippen LogP contribution in [0.5, 0.6) is 5.75 Å². The molecule has 0 bridgehead atoms. The van der Waals surface area contributed by atoms with Gasteiger partial charge in [0.2, 0.25) is 0 Å². The van der Waals surface area contributed by atoms with E-state index >= 15 is 0 Å². The number of ether oxygens (including phenoxy) is 1. The smallest absolute Gasteiger partial charge is 0.119 e. The SMILES string of the molecule is C/C(=N/O)c1ccc(OCC(O)CC2CCCC2)cc1. The second kappa shape index (κ2) is 7.29. The zero-order valence-electron chi connectivity index (χ0n) is 12.0. The lowest BCUT2D eigenvalue weighted by Crippen LogP contribution is -2.20. The Bertz CT molecular complexity index is 436. The van der Waals surface area contributed by atoms with Crippen LogP contribution in [0.3, 0.4) is 0 Å². The van der Waals surface area contributed by atoms with Gasteiger partial charge in [0.05, 0.1) is 11.8 Å². The first-order valence-corrected chi connectivity index (χ1v) is 7.29. The zero-order valence-corrected chi connectivity index (χ0v) is 12.0. The van der Waals surface area contributed by atoms with Crippen LogP contribution < -0.4 is 4.74 Å². The fourth-order valence-corrected chi connectivity index (χ4v) is 2.74. The van der Waals surface area contributed by atoms with E-state index < -0.39 is 6.10 Å². The van der Waals surface area contributed by atoms with Crippen molar-refractivity contribution in [1.82, 2.24) is 0 Å². The summed E-state index contributed by atoms with van der Waals surface area (Å²) in [5.41, 5.74) is 1.42. The van der Waals surface area contributed by atoms with Gasteiger partial charge in [0, 0.05) is 0 Å². The van der Waals surface area contributed by atoms with Gasteiger partial charge in [-0.05, 0) is 49.1 Å². The average Bonchev–Trinajstić information content (AvgIpc) is 2.97. The first-order chi connectivity index (χ1) is 9.69. The van der Waals surface area contributed by atoms with E-state index in [0.717, 1.165) is 17.7 Å². The van der Waals surface area contributed by atoms with E-state index in [2.05, 4.69) is 5.16 Å². The summed E-state index contributed by atoms with van der Waals surface area (Å²) < 4.78 is 5.59. The fraction of sp³-hybridized carbons (Fsp3) is 0.562. The number of nitrogens with zero attached hydrogens (tertiary/aromatic N) is 1. The lowest BCUT2D eigenvalue weighted by atomic mass is 10.0. The molecule has 1 saturated carbocycles. The van der Waals surface area contributed by atoms with E-state index in [1.807, 2.05) is 24.3 Å². The van der Waals surface area contributed by atoms with Crippen LogP contribution in [0.25, 0.3) is 0 Å². The molecule has 0 heterocycles. The van der Waals surface area contributed by atoms with Crippen molar-refractivity contribution in [3.63, 3.8) is 0 Å². The molecule has 4 heteroatoms. The van der Waals surface area contributed by atoms with E-state index in [9.17, 15) is 5.11 Å². The third kappa shape index (κ3) is 4.23. The Kier molecular flexibility index (Phi) is 5.41. The van der Waals surface area contributed by atoms with E-state index in [0.29, 0.717) is 18.2 Å². The molecule has 1 aromatic rings. The van der Waals surface area contributed by atoms with Crippen LogP contribution in [0.15, 0.2) is 29.4 Å². The van der Waals surface area contributed by atoms with Crippen LogP contribution in [0.4, 0.5) is 0 Å². The lowest BCUT2D eigenvalue weighted by molar-refractivity contribution is 0.0855. The molecular weight excluding hydrogens is 254 g/mol. The number of hydrogen-bond acceptors (Lipinski definition) is 4. The molecule has 1 aromatic carbocycles. The van der Waals surface area contributed by atoms with Crippen molar-refractivity contribution in [3.8, 4) is 5.75 Å². The molecule has 0 amide bonds. The Labute approximate surface area is 120 Å². The molecule has 1 aliphatic carbocycles. The third-order valence-corrected chi connectivity index (χ3v) is 3.94. The highest BCUT2D eigenvalue weighted by atomic mass is 16.5. The Balaban J connectivity index is 1.78. The molecule has 0 aromatic heterocycles. The van der Waals surface area contributed by atoms with Gasteiger partial charge < -0.3 is 15.1 Å². The predicted octanol–water partition coefficient (Wildman–Crippen LogP) is 3.20. The number of hydrogen-bond donors (Lipinski definition) is 2. The first kappa shape index (κ1) is 14.9. The van der Waals surface area contributed by atoms with Crippen molar-refractivity contribution >= 4 is 5.71 Å². The maximum absolute atomic E-state index is 9.97. The largest absolute Gasteiger partial charge is 0.491 e. The van der Waals surface area contributed by atoms with Gasteiger partial charge in [-0.25, -0.2) is 0 Å². The summed E-state index contributed by atoms with van der Waals surface area (Å²) in [5.74, 6) is 1.39. The maximum atomic E-state index is 9.97. The average molecular weight is 277 g/mol. The van der Waals surface area contributed by atoms with Gasteiger partial charge in [0.15, 0.2) is 0 Å². The number of aliphatic hydroxyl groups excluding tert-OH is 1. The van der Waals surface area contributed by atoms with Gasteiger partial charge in [-0.3, -0.25) is 0 Å². The summed E-state index contributed by atoms with van der Waals surface area (Å²) in [4.78, 5) is 0. The lowest BCUT2D eigenvalue weighted by Gasteiger charge is -2.16. The van der Waals surface area contributed by atoms with Crippen molar-refractivity contribution in [2.45, 2.75) is 45.1 Å². The second-order valence-electron chi connectivity index (χ2n) is 5.56. The minimum Gasteiger partial charge on any atom is -0.491 e. The van der Waals surface area contributed by atoms with Crippen molar-refractivity contribution < 1.29 is 15.1 Å². The van der Waals surface area contributed by atoms with E-state index in [1.54, 1.807) is 6.92 Å². The summed E-state index contributed by atoms with van der Waals surface area (Å²) >= 11 is 0. The summed E-state index contributed by atoms with van der Waals surface area (Å²) in [6.45, 7) is 2.07. The number of benzene rings is 1.